The van der Waals surface area contributed by atoms with Gasteiger partial charge in [-0.05, 0) is 61.1 Å². The van der Waals surface area contributed by atoms with E-state index in [4.69, 9.17) is 10.5 Å². The highest BCUT2D eigenvalue weighted by Crippen LogP contribution is 2.43. The molecule has 178 valence electrons. The predicted molar refractivity (Wildman–Crippen MR) is 128 cm³/mol. The molecular weight excluding hydrogens is 432 g/mol. The highest BCUT2D eigenvalue weighted by Gasteiger charge is 2.44. The van der Waals surface area contributed by atoms with Crippen molar-refractivity contribution in [2.45, 2.75) is 37.4 Å². The van der Waals surface area contributed by atoms with E-state index in [1.54, 1.807) is 7.11 Å². The number of rotatable bonds is 8. The molecule has 0 spiro atoms. The fraction of sp³-hybridized carbons (Fsp3) is 0.440. The van der Waals surface area contributed by atoms with Gasteiger partial charge in [0.2, 0.25) is 0 Å². The van der Waals surface area contributed by atoms with E-state index in [0.717, 1.165) is 41.7 Å². The van der Waals surface area contributed by atoms with Gasteiger partial charge in [-0.2, -0.15) is 0 Å². The molecule has 6 atom stereocenters. The van der Waals surface area contributed by atoms with E-state index in [-0.39, 0.29) is 18.5 Å². The van der Waals surface area contributed by atoms with Crippen molar-refractivity contribution in [3.63, 3.8) is 0 Å². The van der Waals surface area contributed by atoms with E-state index >= 15 is 0 Å². The van der Waals surface area contributed by atoms with E-state index in [2.05, 4.69) is 32.9 Å². The standard InChI is InChI=1S/C25H30N6O3/c1-3-15-13-30-9-7-16(15)10-23(30)24(31-14-17(28-29-31)11-21(26)25(32)33)19-6-8-27-22-5-4-18(34-2)12-20(19)22/h3-6,8,12,14-16,21,23-24H,1,7,9-11,13,26H2,2H3,(H,32,33)/t15-,16-,21-,23+,24+/m0/s1. The van der Waals surface area contributed by atoms with Gasteiger partial charge in [0.1, 0.15) is 11.8 Å². The molecule has 3 aliphatic rings. The molecule has 6 rings (SSSR count). The number of hydrogen-bond donors (Lipinski definition) is 2. The molecule has 9 nitrogen and oxygen atoms in total. The Labute approximate surface area is 198 Å². The molecule has 2 aromatic heterocycles. The van der Waals surface area contributed by atoms with Crippen LogP contribution in [0.1, 0.15) is 30.1 Å². The summed E-state index contributed by atoms with van der Waals surface area (Å²) in [6.45, 7) is 6.07. The number of carboxylic acids is 1. The molecular formula is C25H30N6O3. The molecule has 1 aromatic carbocycles. The van der Waals surface area contributed by atoms with Gasteiger partial charge in [-0.25, -0.2) is 4.68 Å². The Hall–Kier alpha value is -3.30. The van der Waals surface area contributed by atoms with Crippen LogP contribution in [-0.2, 0) is 11.2 Å². The fourth-order valence-electron chi connectivity index (χ4n) is 5.62. The summed E-state index contributed by atoms with van der Waals surface area (Å²) in [5.74, 6) is 0.801. The third kappa shape index (κ3) is 4.05. The summed E-state index contributed by atoms with van der Waals surface area (Å²) in [5, 5.41) is 19.0. The second kappa shape index (κ2) is 9.15. The van der Waals surface area contributed by atoms with Crippen molar-refractivity contribution in [3.05, 3.63) is 60.6 Å². The zero-order valence-electron chi connectivity index (χ0n) is 19.2. The third-order valence-corrected chi connectivity index (χ3v) is 7.41. The lowest BCUT2D eigenvalue weighted by Gasteiger charge is -2.51. The van der Waals surface area contributed by atoms with Crippen LogP contribution >= 0.6 is 0 Å². The Balaban J connectivity index is 1.60. The van der Waals surface area contributed by atoms with Crippen molar-refractivity contribution >= 4 is 16.9 Å². The van der Waals surface area contributed by atoms with Crippen molar-refractivity contribution in [2.24, 2.45) is 17.6 Å². The van der Waals surface area contributed by atoms with E-state index in [0.29, 0.717) is 17.5 Å². The van der Waals surface area contributed by atoms with Crippen molar-refractivity contribution in [1.29, 1.82) is 0 Å². The summed E-state index contributed by atoms with van der Waals surface area (Å²) >= 11 is 0. The molecule has 9 heteroatoms. The van der Waals surface area contributed by atoms with Crippen molar-refractivity contribution in [2.75, 3.05) is 20.2 Å². The average Bonchev–Trinajstić information content (AvgIpc) is 3.32. The number of aliphatic carboxylic acids is 1. The first-order valence-electron chi connectivity index (χ1n) is 11.7. The monoisotopic (exact) mass is 462 g/mol. The lowest BCUT2D eigenvalue weighted by molar-refractivity contribution is -0.138. The highest BCUT2D eigenvalue weighted by molar-refractivity contribution is 5.84. The number of pyridine rings is 1. The Morgan fingerprint density at radius 3 is 2.97 bits per heavy atom. The number of methoxy groups -OCH3 is 1. The molecule has 0 radical (unpaired) electrons. The molecule has 2 bridgehead atoms. The minimum atomic E-state index is -1.05. The van der Waals surface area contributed by atoms with E-state index in [1.807, 2.05) is 41.3 Å². The summed E-state index contributed by atoms with van der Waals surface area (Å²) in [7, 11) is 1.66. The van der Waals surface area contributed by atoms with Crippen LogP contribution < -0.4 is 10.5 Å². The zero-order valence-corrected chi connectivity index (χ0v) is 19.2. The van der Waals surface area contributed by atoms with E-state index < -0.39 is 12.0 Å². The number of nitrogens with zero attached hydrogens (tertiary/aromatic N) is 5. The summed E-state index contributed by atoms with van der Waals surface area (Å²) in [6, 6.07) is 7.03. The zero-order chi connectivity index (χ0) is 23.8. The molecule has 0 aliphatic carbocycles. The molecule has 0 saturated carbocycles. The summed E-state index contributed by atoms with van der Waals surface area (Å²) in [4.78, 5) is 18.4. The van der Waals surface area contributed by atoms with Gasteiger partial charge >= 0.3 is 5.97 Å². The number of ether oxygens (including phenoxy) is 1. The van der Waals surface area contributed by atoms with E-state index in [9.17, 15) is 9.90 Å². The number of carboxylic acid groups (broad SMARTS) is 1. The second-order valence-electron chi connectivity index (χ2n) is 9.31. The predicted octanol–water partition coefficient (Wildman–Crippen LogP) is 2.28. The van der Waals surface area contributed by atoms with Gasteiger partial charge in [-0.3, -0.25) is 14.7 Å². The molecule has 3 N–H and O–H groups in total. The normalized spacial score (nSPS) is 25.7. The Morgan fingerprint density at radius 1 is 1.41 bits per heavy atom. The fourth-order valence-corrected chi connectivity index (χ4v) is 5.62. The van der Waals surface area contributed by atoms with Crippen LogP contribution in [0, 0.1) is 11.8 Å². The van der Waals surface area contributed by atoms with Gasteiger partial charge in [0.25, 0.3) is 0 Å². The molecule has 0 amide bonds. The summed E-state index contributed by atoms with van der Waals surface area (Å²) in [6.07, 6.45) is 8.09. The number of hydrogen-bond acceptors (Lipinski definition) is 7. The Bertz CT molecular complexity index is 1210. The van der Waals surface area contributed by atoms with Crippen LogP contribution in [0.5, 0.6) is 5.75 Å². The first kappa shape index (κ1) is 22.5. The first-order valence-corrected chi connectivity index (χ1v) is 11.7. The Morgan fingerprint density at radius 2 is 2.26 bits per heavy atom. The molecule has 3 saturated heterocycles. The third-order valence-electron chi connectivity index (χ3n) is 7.41. The average molecular weight is 463 g/mol. The number of carbonyl (C=O) groups is 1. The van der Waals surface area contributed by atoms with Crippen molar-refractivity contribution < 1.29 is 14.6 Å². The van der Waals surface area contributed by atoms with Gasteiger partial charge in [-0.1, -0.05) is 11.3 Å². The van der Waals surface area contributed by atoms with Gasteiger partial charge < -0.3 is 15.6 Å². The number of benzene rings is 1. The minimum Gasteiger partial charge on any atom is -0.497 e. The SMILES string of the molecule is C=C[C@H]1CN2CC[C@H]1C[C@@H]2[C@@H](c1ccnc2ccc(OC)cc12)n1cc(C[C@H](N)C(=O)O)nn1. The van der Waals surface area contributed by atoms with Crippen LogP contribution in [0.2, 0.25) is 0 Å². The topological polar surface area (TPSA) is 119 Å². The number of aromatic nitrogens is 4. The molecule has 3 fully saturated rings. The molecule has 3 aromatic rings. The van der Waals surface area contributed by atoms with Crippen LogP contribution in [-0.4, -0.2) is 68.2 Å². The van der Waals surface area contributed by atoms with Crippen LogP contribution in [0.15, 0.2) is 49.3 Å². The smallest absolute Gasteiger partial charge is 0.320 e. The maximum atomic E-state index is 11.3. The van der Waals surface area contributed by atoms with Crippen LogP contribution in [0.25, 0.3) is 10.9 Å². The molecule has 5 heterocycles. The summed E-state index contributed by atoms with van der Waals surface area (Å²) in [5.41, 5.74) is 8.30. The second-order valence-corrected chi connectivity index (χ2v) is 9.31. The number of fused-ring (bicyclic) bond motifs is 4. The maximum absolute atomic E-state index is 11.3. The molecule has 3 aliphatic heterocycles. The van der Waals surface area contributed by atoms with Gasteiger partial charge in [0.15, 0.2) is 0 Å². The van der Waals surface area contributed by atoms with Crippen molar-refractivity contribution in [1.82, 2.24) is 24.9 Å². The Kier molecular flexibility index (Phi) is 6.05. The molecule has 1 unspecified atom stereocenters. The number of nitrogens with two attached hydrogens (primary N) is 1. The molecule has 34 heavy (non-hydrogen) atoms. The minimum absolute atomic E-state index is 0.117. The highest BCUT2D eigenvalue weighted by atomic mass is 16.5. The lowest BCUT2D eigenvalue weighted by Crippen LogP contribution is -2.56. The van der Waals surface area contributed by atoms with Gasteiger partial charge in [0.05, 0.1) is 24.4 Å². The largest absolute Gasteiger partial charge is 0.497 e. The quantitative estimate of drug-likeness (QED) is 0.489. The number of piperidine rings is 3. The first-order chi connectivity index (χ1) is 16.5. The van der Waals surface area contributed by atoms with Crippen LogP contribution in [0.4, 0.5) is 0 Å². The van der Waals surface area contributed by atoms with Gasteiger partial charge in [0, 0.05) is 36.8 Å². The maximum Gasteiger partial charge on any atom is 0.320 e. The van der Waals surface area contributed by atoms with Crippen molar-refractivity contribution in [3.8, 4) is 5.75 Å². The van der Waals surface area contributed by atoms with Gasteiger partial charge in [-0.15, -0.1) is 11.7 Å². The summed E-state index contributed by atoms with van der Waals surface area (Å²) < 4.78 is 7.38. The van der Waals surface area contributed by atoms with Crippen LogP contribution in [0.3, 0.4) is 0 Å². The lowest BCUT2D eigenvalue weighted by atomic mass is 9.73. The van der Waals surface area contributed by atoms with E-state index in [1.165, 1.54) is 6.42 Å².